The molecule has 4 heterocycles. The highest BCUT2D eigenvalue weighted by Gasteiger charge is 2.67. The fourth-order valence-corrected chi connectivity index (χ4v) is 7.24. The third-order valence-corrected chi connectivity index (χ3v) is 9.98. The summed E-state index contributed by atoms with van der Waals surface area (Å²) >= 11 is 0. The van der Waals surface area contributed by atoms with Gasteiger partial charge in [0, 0.05) is 6.54 Å². The molecule has 2 N–H and O–H groups in total. The van der Waals surface area contributed by atoms with Crippen molar-refractivity contribution in [1.29, 1.82) is 0 Å². The topological polar surface area (TPSA) is 221 Å². The van der Waals surface area contributed by atoms with Crippen molar-refractivity contribution in [3.8, 4) is 11.5 Å². The van der Waals surface area contributed by atoms with E-state index in [1.807, 2.05) is 19.9 Å². The van der Waals surface area contributed by atoms with E-state index >= 15 is 0 Å². The fraction of sp³-hybridized carbons (Fsp3) is 0.371. The van der Waals surface area contributed by atoms with E-state index in [1.165, 1.54) is 0 Å². The van der Waals surface area contributed by atoms with Crippen LogP contribution in [0.15, 0.2) is 52.1 Å². The van der Waals surface area contributed by atoms with Crippen LogP contribution < -0.4 is 21.9 Å². The Balaban J connectivity index is 1.07. The third kappa shape index (κ3) is 6.14. The number of rotatable bonds is 10. The summed E-state index contributed by atoms with van der Waals surface area (Å²) in [5, 5.41) is 4.35. The summed E-state index contributed by atoms with van der Waals surface area (Å²) in [6.07, 6.45) is 0. The number of nitrogens with one attached hydrogen (secondary N) is 2. The quantitative estimate of drug-likeness (QED) is 0.164. The number of fused-ring (bicyclic) bond motifs is 6. The third-order valence-electron chi connectivity index (χ3n) is 9.98. The van der Waals surface area contributed by atoms with Gasteiger partial charge in [-0.15, -0.1) is 0 Å². The first-order valence-corrected chi connectivity index (χ1v) is 16.9. The molecule has 3 fully saturated rings. The Morgan fingerprint density at radius 2 is 1.36 bits per heavy atom. The molecule has 274 valence electrons. The monoisotopic (exact) mass is 726 g/mol. The van der Waals surface area contributed by atoms with Crippen LogP contribution in [0.5, 0.6) is 0 Å². The number of aryl methyl sites for hydroxylation is 2. The van der Waals surface area contributed by atoms with Gasteiger partial charge < -0.3 is 23.8 Å². The first-order chi connectivity index (χ1) is 25.4. The van der Waals surface area contributed by atoms with E-state index in [1.54, 1.807) is 47.9 Å². The Labute approximate surface area is 300 Å². The molecule has 1 aliphatic carbocycles. The minimum Gasteiger partial charge on any atom is -0.462 e. The van der Waals surface area contributed by atoms with Crippen molar-refractivity contribution in [2.75, 3.05) is 19.7 Å². The maximum absolute atomic E-state index is 13.2. The van der Waals surface area contributed by atoms with Gasteiger partial charge in [-0.25, -0.2) is 19.4 Å². The molecule has 7 rings (SSSR count). The highest BCUT2D eigenvalue weighted by atomic mass is 16.5. The number of hydrogen-bond acceptors (Lipinski definition) is 12. The van der Waals surface area contributed by atoms with Gasteiger partial charge in [0.1, 0.15) is 26.3 Å². The smallest absolute Gasteiger partial charge is 0.352 e. The molecular formula is C35H34N8O10. The number of benzene rings is 2. The summed E-state index contributed by atoms with van der Waals surface area (Å²) in [5.41, 5.74) is 2.16. The van der Waals surface area contributed by atoms with Crippen molar-refractivity contribution >= 4 is 46.8 Å². The predicted molar refractivity (Wildman–Crippen MR) is 182 cm³/mol. The standard InChI is InChI=1S/C35H34N8O10/c1-4-40-32(48)26-29(37-33(40)49)41(21-13-18(3)17(2)12-20(21)36-26)10-11-52-22(44)14-42-27-24(30(46)38-34(42)50)28-25(27)31(47)39-35(51)43(28)15-23(45)53-16-19-8-6-5-7-9-19/h5-9,12-13,24-25,27-28H,4,10-11,14-16H2,1-3H3,(H,38,46,50)(H,39,47,51)/t24-,25-,27-,28-/m0/s1. The van der Waals surface area contributed by atoms with E-state index in [0.29, 0.717) is 16.6 Å². The average Bonchev–Trinajstić information content (AvgIpc) is 3.10. The van der Waals surface area contributed by atoms with Gasteiger partial charge in [0.2, 0.25) is 11.8 Å². The molecule has 5 aliphatic rings. The predicted octanol–water partition coefficient (Wildman–Crippen LogP) is 0.0681. The van der Waals surface area contributed by atoms with Gasteiger partial charge in [-0.1, -0.05) is 30.3 Å². The molecule has 0 radical (unpaired) electrons. The van der Waals surface area contributed by atoms with Gasteiger partial charge in [0.15, 0.2) is 11.5 Å². The molecule has 0 unspecified atom stereocenters. The molecule has 4 atom stereocenters. The molecule has 6 amide bonds. The van der Waals surface area contributed by atoms with Crippen molar-refractivity contribution in [2.45, 2.75) is 52.6 Å². The number of nitrogens with zero attached hydrogens (tertiary/aromatic N) is 6. The second-order valence-corrected chi connectivity index (χ2v) is 13.0. The highest BCUT2D eigenvalue weighted by Crippen LogP contribution is 2.45. The lowest BCUT2D eigenvalue weighted by Gasteiger charge is -2.60. The number of carbonyl (C=O) groups excluding carboxylic acids is 6. The molecule has 53 heavy (non-hydrogen) atoms. The van der Waals surface area contributed by atoms with Gasteiger partial charge in [0.05, 0.1) is 41.5 Å². The highest BCUT2D eigenvalue weighted by molar-refractivity contribution is 6.07. The Morgan fingerprint density at radius 3 is 1.96 bits per heavy atom. The van der Waals surface area contributed by atoms with E-state index in [0.717, 1.165) is 25.5 Å². The van der Waals surface area contributed by atoms with Gasteiger partial charge in [-0.05, 0) is 49.6 Å². The normalized spacial score (nSPS) is 20.7. The number of imide groups is 2. The van der Waals surface area contributed by atoms with E-state index in [2.05, 4.69) is 20.6 Å². The zero-order chi connectivity index (χ0) is 37.7. The second kappa shape index (κ2) is 13.6. The lowest BCUT2D eigenvalue weighted by Crippen LogP contribution is -2.83. The maximum Gasteiger partial charge on any atom is 0.352 e. The summed E-state index contributed by atoms with van der Waals surface area (Å²) in [5.74, 6) is -5.42. The lowest BCUT2D eigenvalue weighted by atomic mass is 9.61. The van der Waals surface area contributed by atoms with Gasteiger partial charge in [0.25, 0.3) is 5.56 Å². The molecule has 2 saturated heterocycles. The Kier molecular flexibility index (Phi) is 8.96. The van der Waals surface area contributed by atoms with Gasteiger partial charge in [-0.2, -0.15) is 4.98 Å². The molecule has 0 bridgehead atoms. The number of carbonyl (C=O) groups is 6. The van der Waals surface area contributed by atoms with Crippen molar-refractivity contribution in [2.24, 2.45) is 11.8 Å². The number of amides is 6. The van der Waals surface area contributed by atoms with Crippen LogP contribution in [0, 0.1) is 25.7 Å². The zero-order valence-corrected chi connectivity index (χ0v) is 28.9. The molecule has 2 aromatic rings. The number of esters is 2. The van der Waals surface area contributed by atoms with E-state index in [4.69, 9.17) is 9.47 Å². The van der Waals surface area contributed by atoms with Crippen LogP contribution in [0.25, 0.3) is 22.6 Å². The van der Waals surface area contributed by atoms with Crippen molar-refractivity contribution < 1.29 is 38.2 Å². The summed E-state index contributed by atoms with van der Waals surface area (Å²) in [4.78, 5) is 115. The number of hydrogen-bond donors (Lipinski definition) is 2. The molecule has 2 aromatic carbocycles. The maximum atomic E-state index is 13.2. The van der Waals surface area contributed by atoms with Crippen LogP contribution in [0.1, 0.15) is 23.6 Å². The largest absolute Gasteiger partial charge is 0.462 e. The van der Waals surface area contributed by atoms with Crippen LogP contribution in [-0.2, 0) is 48.3 Å². The van der Waals surface area contributed by atoms with Crippen LogP contribution in [-0.4, -0.2) is 96.5 Å². The molecule has 0 aromatic heterocycles. The molecule has 1 saturated carbocycles. The van der Waals surface area contributed by atoms with Crippen LogP contribution in [0.2, 0.25) is 0 Å². The Bertz CT molecular complexity index is 2290. The fourth-order valence-electron chi connectivity index (χ4n) is 7.24. The number of ether oxygens (including phenoxy) is 2. The van der Waals surface area contributed by atoms with E-state index < -0.39 is 84.1 Å². The second-order valence-electron chi connectivity index (χ2n) is 13.0. The van der Waals surface area contributed by atoms with Crippen LogP contribution in [0.3, 0.4) is 0 Å². The average molecular weight is 727 g/mol. The summed E-state index contributed by atoms with van der Waals surface area (Å²) in [7, 11) is 0. The summed E-state index contributed by atoms with van der Waals surface area (Å²) in [6.45, 7) is 3.91. The van der Waals surface area contributed by atoms with E-state index in [-0.39, 0.29) is 37.8 Å². The van der Waals surface area contributed by atoms with Crippen molar-refractivity contribution in [3.63, 3.8) is 0 Å². The molecular weight excluding hydrogens is 692 g/mol. The zero-order valence-electron chi connectivity index (χ0n) is 28.9. The lowest BCUT2D eigenvalue weighted by molar-refractivity contribution is -0.168. The molecule has 0 spiro atoms. The number of aromatic nitrogens is 4. The minimum absolute atomic E-state index is 0.0140. The number of urea groups is 2. The van der Waals surface area contributed by atoms with Gasteiger partial charge >= 0.3 is 29.7 Å². The Hall–Kier alpha value is -6.46. The van der Waals surface area contributed by atoms with Crippen LogP contribution >= 0.6 is 0 Å². The summed E-state index contributed by atoms with van der Waals surface area (Å²) < 4.78 is 13.3. The van der Waals surface area contributed by atoms with Crippen molar-refractivity contribution in [3.05, 3.63) is 80.0 Å². The Morgan fingerprint density at radius 1 is 0.774 bits per heavy atom. The SMILES string of the molecule is CCn1c(=O)nc2n(CCOC(=O)CN3C(=O)NC(=O)[C@H]4[C@H]3[C@@H]3C(=O)NC(=O)N(CC(=O)OCc5ccccc5)[C@@H]43)c3cc(C)c(C)cc3nc-2c1=O. The minimum atomic E-state index is -1.13. The van der Waals surface area contributed by atoms with E-state index in [9.17, 15) is 38.4 Å². The van der Waals surface area contributed by atoms with Crippen LogP contribution in [0.4, 0.5) is 9.59 Å². The molecule has 18 nitrogen and oxygen atoms in total. The summed E-state index contributed by atoms with van der Waals surface area (Å²) in [6, 6.07) is 8.46. The molecule has 4 aliphatic heterocycles. The molecule has 18 heteroatoms. The van der Waals surface area contributed by atoms with Crippen molar-refractivity contribution in [1.82, 2.24) is 39.5 Å². The first kappa shape index (κ1) is 35.0. The van der Waals surface area contributed by atoms with Gasteiger partial charge in [-0.3, -0.25) is 39.2 Å². The first-order valence-electron chi connectivity index (χ1n) is 16.9.